The summed E-state index contributed by atoms with van der Waals surface area (Å²) >= 11 is 6.27. The van der Waals surface area contributed by atoms with Crippen molar-refractivity contribution in [1.29, 1.82) is 0 Å². The average molecular weight is 405 g/mol. The summed E-state index contributed by atoms with van der Waals surface area (Å²) in [5, 5.41) is 8.83. The minimum atomic E-state index is -0.189. The van der Waals surface area contributed by atoms with Gasteiger partial charge in [0.05, 0.1) is 23.8 Å². The molecule has 2 aromatic heterocycles. The average Bonchev–Trinajstić information content (AvgIpc) is 3.15. The summed E-state index contributed by atoms with van der Waals surface area (Å²) in [6.07, 6.45) is 1.66. The largest absolute Gasteiger partial charge is 0.307 e. The van der Waals surface area contributed by atoms with Crippen LogP contribution in [0, 0.1) is 0 Å². The standard InChI is InChI=1S/C23H21ClN4O/c1-15(2)21-13-18(17-8-4-6-10-20(17)26-21)23(29)27-22-11-12-25-28(22)14-16-7-3-5-9-19(16)24/h3-13,15H,14H2,1-2H3,(H,27,29). The van der Waals surface area contributed by atoms with Gasteiger partial charge in [-0.3, -0.25) is 9.78 Å². The monoisotopic (exact) mass is 404 g/mol. The summed E-state index contributed by atoms with van der Waals surface area (Å²) in [6, 6.07) is 19.0. The lowest BCUT2D eigenvalue weighted by Crippen LogP contribution is -2.17. The summed E-state index contributed by atoms with van der Waals surface area (Å²) < 4.78 is 1.73. The molecule has 29 heavy (non-hydrogen) atoms. The number of nitrogens with zero attached hydrogens (tertiary/aromatic N) is 3. The normalized spacial score (nSPS) is 11.2. The van der Waals surface area contributed by atoms with E-state index in [1.807, 2.05) is 54.6 Å². The predicted molar refractivity (Wildman–Crippen MR) is 117 cm³/mol. The van der Waals surface area contributed by atoms with E-state index in [0.717, 1.165) is 22.2 Å². The van der Waals surface area contributed by atoms with Crippen LogP contribution in [0.5, 0.6) is 0 Å². The first-order valence-corrected chi connectivity index (χ1v) is 9.87. The number of fused-ring (bicyclic) bond motifs is 1. The number of hydrogen-bond acceptors (Lipinski definition) is 3. The number of rotatable bonds is 5. The van der Waals surface area contributed by atoms with E-state index in [-0.39, 0.29) is 11.8 Å². The Labute approximate surface area is 174 Å². The maximum absolute atomic E-state index is 13.2. The Hall–Kier alpha value is -3.18. The first kappa shape index (κ1) is 19.2. The molecule has 6 heteroatoms. The molecule has 0 radical (unpaired) electrons. The number of carbonyl (C=O) groups is 1. The summed E-state index contributed by atoms with van der Waals surface area (Å²) in [5.74, 6) is 0.644. The quantitative estimate of drug-likeness (QED) is 0.477. The van der Waals surface area contributed by atoms with Gasteiger partial charge in [0.2, 0.25) is 0 Å². The molecule has 0 bridgehead atoms. The molecule has 1 N–H and O–H groups in total. The number of nitrogens with one attached hydrogen (secondary N) is 1. The van der Waals surface area contributed by atoms with Crippen molar-refractivity contribution >= 4 is 34.2 Å². The number of pyridine rings is 1. The Morgan fingerprint density at radius 2 is 1.86 bits per heavy atom. The van der Waals surface area contributed by atoms with Crippen molar-refractivity contribution in [3.8, 4) is 0 Å². The molecule has 146 valence electrons. The molecule has 0 saturated heterocycles. The number of para-hydroxylation sites is 1. The van der Waals surface area contributed by atoms with E-state index >= 15 is 0 Å². The number of carbonyl (C=O) groups excluding carboxylic acids is 1. The van der Waals surface area contributed by atoms with Crippen LogP contribution < -0.4 is 5.32 Å². The van der Waals surface area contributed by atoms with Crippen LogP contribution in [-0.2, 0) is 6.54 Å². The second kappa shape index (κ2) is 8.05. The van der Waals surface area contributed by atoms with E-state index < -0.39 is 0 Å². The van der Waals surface area contributed by atoms with Crippen LogP contribution >= 0.6 is 11.6 Å². The van der Waals surface area contributed by atoms with Crippen LogP contribution in [0.1, 0.15) is 41.4 Å². The molecular weight excluding hydrogens is 384 g/mol. The zero-order valence-corrected chi connectivity index (χ0v) is 17.0. The van der Waals surface area contributed by atoms with Gasteiger partial charge in [-0.2, -0.15) is 5.10 Å². The Morgan fingerprint density at radius 1 is 1.10 bits per heavy atom. The van der Waals surface area contributed by atoms with Crippen molar-refractivity contribution in [2.24, 2.45) is 0 Å². The third kappa shape index (κ3) is 4.00. The van der Waals surface area contributed by atoms with E-state index in [4.69, 9.17) is 11.6 Å². The summed E-state index contributed by atoms with van der Waals surface area (Å²) in [4.78, 5) is 17.9. The topological polar surface area (TPSA) is 59.8 Å². The molecule has 0 fully saturated rings. The van der Waals surface area contributed by atoms with Crippen molar-refractivity contribution in [1.82, 2.24) is 14.8 Å². The summed E-state index contributed by atoms with van der Waals surface area (Å²) in [5.41, 5.74) is 3.24. The van der Waals surface area contributed by atoms with Crippen molar-refractivity contribution < 1.29 is 4.79 Å². The molecule has 4 rings (SSSR count). The predicted octanol–water partition coefficient (Wildman–Crippen LogP) is 5.51. The Morgan fingerprint density at radius 3 is 2.66 bits per heavy atom. The molecule has 0 atom stereocenters. The zero-order valence-electron chi connectivity index (χ0n) is 16.3. The van der Waals surface area contributed by atoms with Crippen LogP contribution in [0.3, 0.4) is 0 Å². The highest BCUT2D eigenvalue weighted by Crippen LogP contribution is 2.24. The van der Waals surface area contributed by atoms with Crippen molar-refractivity contribution in [3.05, 3.63) is 88.7 Å². The Balaban J connectivity index is 1.66. The lowest BCUT2D eigenvalue weighted by Gasteiger charge is -2.13. The van der Waals surface area contributed by atoms with Gasteiger partial charge in [0.1, 0.15) is 5.82 Å². The molecule has 0 aliphatic rings. The van der Waals surface area contributed by atoms with Crippen molar-refractivity contribution in [3.63, 3.8) is 0 Å². The highest BCUT2D eigenvalue weighted by atomic mass is 35.5. The first-order chi connectivity index (χ1) is 14.0. The van der Waals surface area contributed by atoms with Crippen LogP contribution in [0.15, 0.2) is 66.9 Å². The van der Waals surface area contributed by atoms with Gasteiger partial charge < -0.3 is 5.32 Å². The summed E-state index contributed by atoms with van der Waals surface area (Å²) in [6.45, 7) is 4.60. The highest BCUT2D eigenvalue weighted by molar-refractivity contribution is 6.31. The Bertz CT molecular complexity index is 1180. The maximum atomic E-state index is 13.2. The van der Waals surface area contributed by atoms with E-state index in [1.54, 1.807) is 16.9 Å². The number of hydrogen-bond donors (Lipinski definition) is 1. The first-order valence-electron chi connectivity index (χ1n) is 9.49. The molecule has 0 aliphatic heterocycles. The third-order valence-corrected chi connectivity index (χ3v) is 5.18. The zero-order chi connectivity index (χ0) is 20.4. The lowest BCUT2D eigenvalue weighted by atomic mass is 10.0. The molecule has 2 aromatic carbocycles. The van der Waals surface area contributed by atoms with E-state index in [2.05, 4.69) is 29.2 Å². The highest BCUT2D eigenvalue weighted by Gasteiger charge is 2.16. The van der Waals surface area contributed by atoms with Crippen molar-refractivity contribution in [2.45, 2.75) is 26.3 Å². The van der Waals surface area contributed by atoms with Gasteiger partial charge in [-0.25, -0.2) is 4.68 Å². The Kier molecular flexibility index (Phi) is 5.32. The number of halogens is 1. The van der Waals surface area contributed by atoms with E-state index in [1.165, 1.54) is 0 Å². The fourth-order valence-corrected chi connectivity index (χ4v) is 3.41. The van der Waals surface area contributed by atoms with Gasteiger partial charge in [0.15, 0.2) is 0 Å². The third-order valence-electron chi connectivity index (χ3n) is 4.81. The summed E-state index contributed by atoms with van der Waals surface area (Å²) in [7, 11) is 0. The molecule has 0 aliphatic carbocycles. The molecule has 0 saturated carbocycles. The number of aromatic nitrogens is 3. The molecule has 0 unspecified atom stereocenters. The molecule has 2 heterocycles. The second-order valence-electron chi connectivity index (χ2n) is 7.19. The number of amides is 1. The van der Waals surface area contributed by atoms with Crippen LogP contribution in [0.2, 0.25) is 5.02 Å². The lowest BCUT2D eigenvalue weighted by molar-refractivity contribution is 0.102. The van der Waals surface area contributed by atoms with Gasteiger partial charge in [0, 0.05) is 22.2 Å². The molecular formula is C23H21ClN4O. The van der Waals surface area contributed by atoms with E-state index in [0.29, 0.717) is 22.9 Å². The molecule has 4 aromatic rings. The van der Waals surface area contributed by atoms with Gasteiger partial charge in [-0.15, -0.1) is 0 Å². The molecule has 0 spiro atoms. The fraction of sp³-hybridized carbons (Fsp3) is 0.174. The smallest absolute Gasteiger partial charge is 0.257 e. The minimum Gasteiger partial charge on any atom is -0.307 e. The maximum Gasteiger partial charge on any atom is 0.257 e. The van der Waals surface area contributed by atoms with Gasteiger partial charge in [-0.05, 0) is 29.7 Å². The number of benzene rings is 2. The molecule has 1 amide bonds. The van der Waals surface area contributed by atoms with Crippen LogP contribution in [-0.4, -0.2) is 20.7 Å². The number of anilines is 1. The second-order valence-corrected chi connectivity index (χ2v) is 7.59. The molecule has 5 nitrogen and oxygen atoms in total. The van der Waals surface area contributed by atoms with Crippen LogP contribution in [0.25, 0.3) is 10.9 Å². The van der Waals surface area contributed by atoms with Crippen LogP contribution in [0.4, 0.5) is 5.82 Å². The van der Waals surface area contributed by atoms with Gasteiger partial charge >= 0.3 is 0 Å². The van der Waals surface area contributed by atoms with Crippen molar-refractivity contribution in [2.75, 3.05) is 5.32 Å². The SMILES string of the molecule is CC(C)c1cc(C(=O)Nc2ccnn2Cc2ccccc2Cl)c2ccccc2n1. The van der Waals surface area contributed by atoms with Gasteiger partial charge in [0.25, 0.3) is 5.91 Å². The fourth-order valence-electron chi connectivity index (χ4n) is 3.22. The van der Waals surface area contributed by atoms with Gasteiger partial charge in [-0.1, -0.05) is 61.8 Å². The van der Waals surface area contributed by atoms with E-state index in [9.17, 15) is 4.79 Å². The minimum absolute atomic E-state index is 0.189.